The van der Waals surface area contributed by atoms with Crippen molar-refractivity contribution in [1.29, 1.82) is 0 Å². The fourth-order valence-corrected chi connectivity index (χ4v) is 1.20. The highest BCUT2D eigenvalue weighted by Gasteiger charge is 2.10. The molecule has 7 nitrogen and oxygen atoms in total. The van der Waals surface area contributed by atoms with Crippen LogP contribution < -0.4 is 11.3 Å². The van der Waals surface area contributed by atoms with Crippen molar-refractivity contribution in [1.82, 2.24) is 10.6 Å². The number of hydrogen-bond acceptors (Lipinski definition) is 6. The SMILES string of the molecule is CCCCOCCOCc1cc(C(=O)NN)no1. The number of hydrazine groups is 1. The molecule has 0 fully saturated rings. The van der Waals surface area contributed by atoms with Crippen LogP contribution in [0.4, 0.5) is 0 Å². The van der Waals surface area contributed by atoms with Gasteiger partial charge in [-0.05, 0) is 6.42 Å². The van der Waals surface area contributed by atoms with Crippen LogP contribution in [0.1, 0.15) is 36.0 Å². The summed E-state index contributed by atoms with van der Waals surface area (Å²) in [4.78, 5) is 11.1. The van der Waals surface area contributed by atoms with Crippen molar-refractivity contribution in [2.75, 3.05) is 19.8 Å². The first kappa shape index (κ1) is 14.6. The Morgan fingerprint density at radius 1 is 1.44 bits per heavy atom. The number of rotatable bonds is 9. The van der Waals surface area contributed by atoms with E-state index in [0.717, 1.165) is 19.4 Å². The quantitative estimate of drug-likeness (QED) is 0.291. The van der Waals surface area contributed by atoms with Crippen LogP contribution in [0.5, 0.6) is 0 Å². The van der Waals surface area contributed by atoms with Gasteiger partial charge in [0.15, 0.2) is 11.5 Å². The van der Waals surface area contributed by atoms with Crippen LogP contribution in [-0.4, -0.2) is 30.9 Å². The Kier molecular flexibility index (Phi) is 7.00. The van der Waals surface area contributed by atoms with Crippen LogP contribution in [0.25, 0.3) is 0 Å². The first-order valence-corrected chi connectivity index (χ1v) is 5.90. The maximum Gasteiger partial charge on any atom is 0.287 e. The Morgan fingerprint density at radius 2 is 2.22 bits per heavy atom. The second kappa shape index (κ2) is 8.62. The van der Waals surface area contributed by atoms with Gasteiger partial charge in [0.25, 0.3) is 5.91 Å². The number of unbranched alkanes of at least 4 members (excludes halogenated alkanes) is 1. The summed E-state index contributed by atoms with van der Waals surface area (Å²) in [7, 11) is 0. The molecule has 7 heteroatoms. The highest BCUT2D eigenvalue weighted by Crippen LogP contribution is 2.04. The number of ether oxygens (including phenoxy) is 2. The van der Waals surface area contributed by atoms with Crippen molar-refractivity contribution in [3.8, 4) is 0 Å². The van der Waals surface area contributed by atoms with Gasteiger partial charge in [-0.25, -0.2) is 5.84 Å². The zero-order valence-electron chi connectivity index (χ0n) is 10.5. The van der Waals surface area contributed by atoms with Crippen LogP contribution in [0.3, 0.4) is 0 Å². The molecule has 0 aromatic carbocycles. The molecule has 1 heterocycles. The molecule has 1 amide bonds. The number of carbonyl (C=O) groups excluding carboxylic acids is 1. The van der Waals surface area contributed by atoms with Gasteiger partial charge in [-0.15, -0.1) is 0 Å². The zero-order chi connectivity index (χ0) is 13.2. The third-order valence-electron chi connectivity index (χ3n) is 2.18. The van der Waals surface area contributed by atoms with Crippen LogP contribution in [0.2, 0.25) is 0 Å². The minimum Gasteiger partial charge on any atom is -0.379 e. The molecule has 0 saturated carbocycles. The van der Waals surface area contributed by atoms with Crippen molar-refractivity contribution in [2.45, 2.75) is 26.4 Å². The van der Waals surface area contributed by atoms with Crippen LogP contribution in [0.15, 0.2) is 10.6 Å². The summed E-state index contributed by atoms with van der Waals surface area (Å²) in [5, 5.41) is 3.55. The summed E-state index contributed by atoms with van der Waals surface area (Å²) in [6.45, 7) is 4.14. The summed E-state index contributed by atoms with van der Waals surface area (Å²) >= 11 is 0. The third kappa shape index (κ3) is 5.26. The van der Waals surface area contributed by atoms with Crippen LogP contribution in [-0.2, 0) is 16.1 Å². The second-order valence-corrected chi connectivity index (χ2v) is 3.67. The second-order valence-electron chi connectivity index (χ2n) is 3.67. The fourth-order valence-electron chi connectivity index (χ4n) is 1.20. The number of nitrogen functional groups attached to an aromatic ring is 1. The van der Waals surface area contributed by atoms with Gasteiger partial charge in [0.1, 0.15) is 6.61 Å². The van der Waals surface area contributed by atoms with E-state index in [0.29, 0.717) is 19.0 Å². The molecule has 0 aliphatic carbocycles. The molecular weight excluding hydrogens is 238 g/mol. The number of nitrogens with two attached hydrogens (primary N) is 1. The summed E-state index contributed by atoms with van der Waals surface area (Å²) in [6, 6.07) is 1.49. The predicted molar refractivity (Wildman–Crippen MR) is 63.5 cm³/mol. The van der Waals surface area contributed by atoms with Crippen molar-refractivity contribution in [3.05, 3.63) is 17.5 Å². The first-order chi connectivity index (χ1) is 8.77. The number of carbonyl (C=O) groups is 1. The molecule has 1 aromatic heterocycles. The van der Waals surface area contributed by atoms with E-state index < -0.39 is 5.91 Å². The monoisotopic (exact) mass is 257 g/mol. The molecule has 0 unspecified atom stereocenters. The molecule has 1 rings (SSSR count). The topological polar surface area (TPSA) is 99.6 Å². The van der Waals surface area contributed by atoms with Gasteiger partial charge in [0, 0.05) is 12.7 Å². The summed E-state index contributed by atoms with van der Waals surface area (Å²) in [5.74, 6) is 4.95. The Labute approximate surface area is 106 Å². The molecule has 1 aromatic rings. The van der Waals surface area contributed by atoms with E-state index in [1.165, 1.54) is 6.07 Å². The summed E-state index contributed by atoms with van der Waals surface area (Å²) in [6.07, 6.45) is 2.17. The van der Waals surface area contributed by atoms with Gasteiger partial charge in [0.05, 0.1) is 13.2 Å². The summed E-state index contributed by atoms with van der Waals surface area (Å²) in [5.41, 5.74) is 2.10. The Hall–Kier alpha value is -1.44. The molecule has 0 aliphatic rings. The fraction of sp³-hybridized carbons (Fsp3) is 0.636. The lowest BCUT2D eigenvalue weighted by Gasteiger charge is -2.03. The molecule has 0 radical (unpaired) electrons. The van der Waals surface area contributed by atoms with E-state index in [1.54, 1.807) is 0 Å². The lowest BCUT2D eigenvalue weighted by atomic mass is 10.3. The number of nitrogens with zero attached hydrogens (tertiary/aromatic N) is 1. The molecule has 0 atom stereocenters. The molecule has 0 bridgehead atoms. The van der Waals surface area contributed by atoms with Gasteiger partial charge in [-0.2, -0.15) is 0 Å². The standard InChI is InChI=1S/C11H19N3O4/c1-2-3-4-16-5-6-17-8-9-7-10(14-18-9)11(15)13-12/h7H,2-6,8,12H2,1H3,(H,13,15). The van der Waals surface area contributed by atoms with Gasteiger partial charge in [-0.3, -0.25) is 10.2 Å². The van der Waals surface area contributed by atoms with E-state index in [9.17, 15) is 4.79 Å². The van der Waals surface area contributed by atoms with E-state index >= 15 is 0 Å². The minimum absolute atomic E-state index is 0.135. The molecule has 3 N–H and O–H groups in total. The lowest BCUT2D eigenvalue weighted by molar-refractivity contribution is 0.0323. The predicted octanol–water partition coefficient (Wildman–Crippen LogP) is 0.611. The van der Waals surface area contributed by atoms with Gasteiger partial charge < -0.3 is 14.0 Å². The maximum atomic E-state index is 11.1. The number of nitrogens with one attached hydrogen (secondary N) is 1. The maximum absolute atomic E-state index is 11.1. The number of amides is 1. The van der Waals surface area contributed by atoms with E-state index in [2.05, 4.69) is 12.1 Å². The van der Waals surface area contributed by atoms with Crippen molar-refractivity contribution in [2.24, 2.45) is 5.84 Å². The molecule has 18 heavy (non-hydrogen) atoms. The van der Waals surface area contributed by atoms with E-state index in [-0.39, 0.29) is 12.3 Å². The van der Waals surface area contributed by atoms with Gasteiger partial charge >= 0.3 is 0 Å². The summed E-state index contributed by atoms with van der Waals surface area (Å²) < 4.78 is 15.5. The minimum atomic E-state index is -0.493. The third-order valence-corrected chi connectivity index (χ3v) is 2.18. The number of hydrogen-bond donors (Lipinski definition) is 2. The molecule has 102 valence electrons. The van der Waals surface area contributed by atoms with Gasteiger partial charge in [-0.1, -0.05) is 18.5 Å². The average molecular weight is 257 g/mol. The molecule has 0 saturated heterocycles. The Bertz CT molecular complexity index is 354. The highest BCUT2D eigenvalue weighted by atomic mass is 16.5. The smallest absolute Gasteiger partial charge is 0.287 e. The van der Waals surface area contributed by atoms with Crippen molar-refractivity contribution >= 4 is 5.91 Å². The highest BCUT2D eigenvalue weighted by molar-refractivity contribution is 5.91. The van der Waals surface area contributed by atoms with Gasteiger partial charge in [0.2, 0.25) is 0 Å². The van der Waals surface area contributed by atoms with Crippen LogP contribution in [0, 0.1) is 0 Å². The van der Waals surface area contributed by atoms with E-state index in [1.807, 2.05) is 5.43 Å². The average Bonchev–Trinajstić information content (AvgIpc) is 2.85. The van der Waals surface area contributed by atoms with Crippen molar-refractivity contribution < 1.29 is 18.8 Å². The normalized spacial score (nSPS) is 10.6. The largest absolute Gasteiger partial charge is 0.379 e. The molecule has 0 spiro atoms. The lowest BCUT2D eigenvalue weighted by Crippen LogP contribution is -2.30. The number of aromatic nitrogens is 1. The molecular formula is C11H19N3O4. The van der Waals surface area contributed by atoms with Crippen LogP contribution >= 0.6 is 0 Å². The molecule has 0 aliphatic heterocycles. The Balaban J connectivity index is 2.12. The van der Waals surface area contributed by atoms with E-state index in [4.69, 9.17) is 19.8 Å². The Morgan fingerprint density at radius 3 is 2.94 bits per heavy atom. The zero-order valence-corrected chi connectivity index (χ0v) is 10.5. The van der Waals surface area contributed by atoms with Crippen molar-refractivity contribution in [3.63, 3.8) is 0 Å². The first-order valence-electron chi connectivity index (χ1n) is 5.90.